The van der Waals surface area contributed by atoms with Crippen LogP contribution in [0.25, 0.3) is 11.3 Å². The lowest BCUT2D eigenvalue weighted by Crippen LogP contribution is -2.22. The molecule has 0 unspecified atom stereocenters. The van der Waals surface area contributed by atoms with Crippen molar-refractivity contribution in [3.05, 3.63) is 66.4 Å². The fourth-order valence-corrected chi connectivity index (χ4v) is 2.37. The Labute approximate surface area is 175 Å². The maximum Gasteiger partial charge on any atom is 0.193 e. The molecule has 0 saturated carbocycles. The van der Waals surface area contributed by atoms with Gasteiger partial charge < -0.3 is 20.3 Å². The number of aliphatic imine (C=N–C) groups is 1. The molecule has 142 valence electrons. The van der Waals surface area contributed by atoms with Crippen molar-refractivity contribution in [1.82, 2.24) is 5.16 Å². The fourth-order valence-electron chi connectivity index (χ4n) is 2.37. The molecule has 0 spiro atoms. The lowest BCUT2D eigenvalue weighted by Gasteiger charge is -2.10. The summed E-state index contributed by atoms with van der Waals surface area (Å²) < 4.78 is 11.0. The molecule has 0 fully saturated rings. The number of ether oxygens (including phenoxy) is 1. The van der Waals surface area contributed by atoms with E-state index in [2.05, 4.69) is 15.5 Å². The van der Waals surface area contributed by atoms with Crippen molar-refractivity contribution in [3.8, 4) is 17.1 Å². The summed E-state index contributed by atoms with van der Waals surface area (Å²) >= 11 is 0. The molecule has 0 amide bonds. The van der Waals surface area contributed by atoms with Crippen molar-refractivity contribution in [2.75, 3.05) is 5.32 Å². The average molecular weight is 478 g/mol. The van der Waals surface area contributed by atoms with Crippen LogP contribution in [0.15, 0.2) is 70.2 Å². The number of aromatic nitrogens is 1. The molecule has 7 heteroatoms. The van der Waals surface area contributed by atoms with Crippen molar-refractivity contribution in [2.24, 2.45) is 10.7 Å². The minimum Gasteiger partial charge on any atom is -0.491 e. The first-order chi connectivity index (χ1) is 12.6. The Morgan fingerprint density at radius 2 is 1.85 bits per heavy atom. The van der Waals surface area contributed by atoms with Gasteiger partial charge >= 0.3 is 0 Å². The van der Waals surface area contributed by atoms with E-state index in [-0.39, 0.29) is 30.1 Å². The Morgan fingerprint density at radius 1 is 1.15 bits per heavy atom. The summed E-state index contributed by atoms with van der Waals surface area (Å²) in [4.78, 5) is 4.30. The van der Waals surface area contributed by atoms with Gasteiger partial charge in [-0.3, -0.25) is 0 Å². The molecule has 3 aromatic rings. The summed E-state index contributed by atoms with van der Waals surface area (Å²) in [5.41, 5.74) is 8.47. The second kappa shape index (κ2) is 9.96. The number of nitrogens with one attached hydrogen (secondary N) is 1. The molecule has 0 aliphatic carbocycles. The number of nitrogens with two attached hydrogens (primary N) is 1. The zero-order valence-corrected chi connectivity index (χ0v) is 17.6. The van der Waals surface area contributed by atoms with Gasteiger partial charge in [0.05, 0.1) is 12.6 Å². The van der Waals surface area contributed by atoms with Crippen LogP contribution in [-0.2, 0) is 6.54 Å². The average Bonchev–Trinajstić information content (AvgIpc) is 3.11. The normalized spacial score (nSPS) is 11.1. The van der Waals surface area contributed by atoms with Crippen LogP contribution in [0.5, 0.6) is 5.75 Å². The highest BCUT2D eigenvalue weighted by atomic mass is 127. The monoisotopic (exact) mass is 478 g/mol. The molecule has 0 aliphatic rings. The summed E-state index contributed by atoms with van der Waals surface area (Å²) in [5, 5.41) is 7.07. The molecule has 0 atom stereocenters. The summed E-state index contributed by atoms with van der Waals surface area (Å²) in [6.45, 7) is 4.32. The van der Waals surface area contributed by atoms with Crippen LogP contribution in [0, 0.1) is 0 Å². The van der Waals surface area contributed by atoms with Gasteiger partial charge in [0.15, 0.2) is 11.7 Å². The molecule has 0 bridgehead atoms. The van der Waals surface area contributed by atoms with Crippen LogP contribution in [0.3, 0.4) is 0 Å². The van der Waals surface area contributed by atoms with Crippen molar-refractivity contribution in [1.29, 1.82) is 0 Å². The maximum atomic E-state index is 5.94. The summed E-state index contributed by atoms with van der Waals surface area (Å²) in [7, 11) is 0. The minimum atomic E-state index is 0. The van der Waals surface area contributed by atoms with Crippen molar-refractivity contribution in [2.45, 2.75) is 26.5 Å². The van der Waals surface area contributed by atoms with Gasteiger partial charge in [0, 0.05) is 17.3 Å². The van der Waals surface area contributed by atoms with Crippen molar-refractivity contribution < 1.29 is 9.26 Å². The minimum absolute atomic E-state index is 0. The van der Waals surface area contributed by atoms with Crippen LogP contribution in [-0.4, -0.2) is 17.2 Å². The van der Waals surface area contributed by atoms with Crippen LogP contribution >= 0.6 is 24.0 Å². The van der Waals surface area contributed by atoms with E-state index >= 15 is 0 Å². The van der Waals surface area contributed by atoms with E-state index in [0.717, 1.165) is 17.0 Å². The Balaban J connectivity index is 0.00000261. The van der Waals surface area contributed by atoms with E-state index in [1.807, 2.05) is 74.5 Å². The Hall–Kier alpha value is -2.55. The molecule has 0 radical (unpaired) electrons. The van der Waals surface area contributed by atoms with E-state index in [0.29, 0.717) is 24.0 Å². The van der Waals surface area contributed by atoms with Gasteiger partial charge in [-0.05, 0) is 38.1 Å². The number of rotatable bonds is 6. The first kappa shape index (κ1) is 20.8. The third-order valence-corrected chi connectivity index (χ3v) is 3.53. The summed E-state index contributed by atoms with van der Waals surface area (Å²) in [6.07, 6.45) is 0.142. The smallest absolute Gasteiger partial charge is 0.193 e. The largest absolute Gasteiger partial charge is 0.491 e. The number of guanidine groups is 1. The van der Waals surface area contributed by atoms with E-state index < -0.39 is 0 Å². The molecule has 1 aromatic heterocycles. The lowest BCUT2D eigenvalue weighted by atomic mass is 10.2. The topological polar surface area (TPSA) is 85.7 Å². The molecular weight excluding hydrogens is 455 g/mol. The molecule has 2 aromatic carbocycles. The zero-order chi connectivity index (χ0) is 18.4. The highest BCUT2D eigenvalue weighted by molar-refractivity contribution is 14.0. The third kappa shape index (κ3) is 6.28. The van der Waals surface area contributed by atoms with Crippen LogP contribution in [0.1, 0.15) is 19.5 Å². The SMILES string of the molecule is CC(C)Oc1ccc(NC(N)=NCc2cc(-c3ccccc3)on2)cc1.I. The second-order valence-electron chi connectivity index (χ2n) is 6.07. The van der Waals surface area contributed by atoms with Crippen molar-refractivity contribution in [3.63, 3.8) is 0 Å². The Kier molecular flexibility index (Phi) is 7.66. The van der Waals surface area contributed by atoms with Gasteiger partial charge in [-0.2, -0.15) is 0 Å². The fraction of sp³-hybridized carbons (Fsp3) is 0.200. The molecule has 27 heavy (non-hydrogen) atoms. The van der Waals surface area contributed by atoms with E-state index in [1.165, 1.54) is 0 Å². The second-order valence-corrected chi connectivity index (χ2v) is 6.07. The molecule has 1 heterocycles. The Morgan fingerprint density at radius 3 is 2.52 bits per heavy atom. The maximum absolute atomic E-state index is 5.94. The number of hydrogen-bond donors (Lipinski definition) is 2. The van der Waals surface area contributed by atoms with Gasteiger partial charge in [0.2, 0.25) is 0 Å². The molecule has 6 nitrogen and oxygen atoms in total. The summed E-state index contributed by atoms with van der Waals surface area (Å²) in [6, 6.07) is 19.2. The lowest BCUT2D eigenvalue weighted by molar-refractivity contribution is 0.242. The summed E-state index contributed by atoms with van der Waals surface area (Å²) in [5.74, 6) is 1.84. The predicted octanol–water partition coefficient (Wildman–Crippen LogP) is 4.67. The third-order valence-electron chi connectivity index (χ3n) is 3.53. The van der Waals surface area contributed by atoms with Crippen LogP contribution in [0.4, 0.5) is 5.69 Å². The quantitative estimate of drug-likeness (QED) is 0.306. The first-order valence-electron chi connectivity index (χ1n) is 8.45. The number of halogens is 1. The predicted molar refractivity (Wildman–Crippen MR) is 119 cm³/mol. The standard InChI is InChI=1S/C20H22N4O2.HI/c1-14(2)25-18-10-8-16(9-11-18)23-20(21)22-13-17-12-19(26-24-17)15-6-4-3-5-7-15;/h3-12,14H,13H2,1-2H3,(H3,21,22,23);1H. The highest BCUT2D eigenvalue weighted by Gasteiger charge is 2.06. The number of anilines is 1. The van der Waals surface area contributed by atoms with Gasteiger partial charge in [0.1, 0.15) is 11.4 Å². The highest BCUT2D eigenvalue weighted by Crippen LogP contribution is 2.20. The van der Waals surface area contributed by atoms with Crippen LogP contribution < -0.4 is 15.8 Å². The molecule has 0 aliphatic heterocycles. The first-order valence-corrected chi connectivity index (χ1v) is 8.45. The van der Waals surface area contributed by atoms with E-state index in [9.17, 15) is 0 Å². The number of hydrogen-bond acceptors (Lipinski definition) is 4. The number of nitrogens with zero attached hydrogens (tertiary/aromatic N) is 2. The van der Waals surface area contributed by atoms with Gasteiger partial charge in [0.25, 0.3) is 0 Å². The van der Waals surface area contributed by atoms with E-state index in [4.69, 9.17) is 15.0 Å². The van der Waals surface area contributed by atoms with Crippen LogP contribution in [0.2, 0.25) is 0 Å². The van der Waals surface area contributed by atoms with Crippen molar-refractivity contribution >= 4 is 35.6 Å². The molecule has 3 N–H and O–H groups in total. The van der Waals surface area contributed by atoms with Gasteiger partial charge in [-0.25, -0.2) is 4.99 Å². The zero-order valence-electron chi connectivity index (χ0n) is 15.3. The number of benzene rings is 2. The van der Waals surface area contributed by atoms with E-state index in [1.54, 1.807) is 0 Å². The Bertz CT molecular complexity index is 861. The molecule has 3 rings (SSSR count). The van der Waals surface area contributed by atoms with Gasteiger partial charge in [-0.1, -0.05) is 35.5 Å². The molecule has 0 saturated heterocycles. The molecular formula is C20H23IN4O2. The van der Waals surface area contributed by atoms with Gasteiger partial charge in [-0.15, -0.1) is 24.0 Å².